The lowest BCUT2D eigenvalue weighted by Gasteiger charge is -2.10. The fraction of sp³-hybridized carbons (Fsp3) is 0.150. The molecule has 3 nitrogen and oxygen atoms in total. The molecule has 0 saturated heterocycles. The first-order chi connectivity index (χ1) is 11.3. The molecule has 23 heavy (non-hydrogen) atoms. The number of hydrogen-bond donors (Lipinski definition) is 0. The molecule has 114 valence electrons. The Balaban J connectivity index is 2.32. The van der Waals surface area contributed by atoms with Gasteiger partial charge >= 0.3 is 0 Å². The molecule has 0 unspecified atom stereocenters. The molecule has 1 aromatic heterocycles. The van der Waals surface area contributed by atoms with E-state index in [-0.39, 0.29) is 0 Å². The summed E-state index contributed by atoms with van der Waals surface area (Å²) in [6, 6.07) is 18.3. The molecule has 1 heterocycles. The summed E-state index contributed by atoms with van der Waals surface area (Å²) >= 11 is 0. The lowest BCUT2D eigenvalue weighted by Crippen LogP contribution is -1.97. The number of allylic oxidation sites excluding steroid dienone is 1. The summed E-state index contributed by atoms with van der Waals surface area (Å²) in [5.74, 6) is 0.816. The number of rotatable bonds is 4. The highest BCUT2D eigenvalue weighted by atomic mass is 16.5. The molecule has 0 radical (unpaired) electrons. The van der Waals surface area contributed by atoms with Crippen LogP contribution in [0.5, 0.6) is 5.75 Å². The third-order valence-corrected chi connectivity index (χ3v) is 3.87. The molecule has 3 rings (SSSR count). The Bertz CT molecular complexity index is 896. The number of nitrogens with zero attached hydrogens (tertiary/aromatic N) is 2. The maximum absolute atomic E-state index is 9.64. The van der Waals surface area contributed by atoms with Crippen molar-refractivity contribution in [3.8, 4) is 17.5 Å². The number of ether oxygens (including phenoxy) is 1. The lowest BCUT2D eigenvalue weighted by molar-refractivity contribution is 0.415. The van der Waals surface area contributed by atoms with Crippen LogP contribution in [-0.4, -0.2) is 11.7 Å². The van der Waals surface area contributed by atoms with Crippen LogP contribution in [0.25, 0.3) is 22.7 Å². The molecule has 0 atom stereocenters. The van der Waals surface area contributed by atoms with E-state index in [1.165, 1.54) is 0 Å². The van der Waals surface area contributed by atoms with Gasteiger partial charge in [-0.15, -0.1) is 0 Å². The molecular weight excluding hydrogens is 284 g/mol. The van der Waals surface area contributed by atoms with Crippen molar-refractivity contribution in [3.63, 3.8) is 0 Å². The molecule has 3 heteroatoms. The number of nitriles is 1. The van der Waals surface area contributed by atoms with Gasteiger partial charge in [-0.1, -0.05) is 31.2 Å². The van der Waals surface area contributed by atoms with Gasteiger partial charge in [0.05, 0.1) is 23.9 Å². The van der Waals surface area contributed by atoms with Gasteiger partial charge in [-0.05, 0) is 42.8 Å². The van der Waals surface area contributed by atoms with E-state index in [2.05, 4.69) is 23.6 Å². The Labute approximate surface area is 136 Å². The first kappa shape index (κ1) is 14.9. The first-order valence-electron chi connectivity index (χ1n) is 7.64. The van der Waals surface area contributed by atoms with E-state index in [0.29, 0.717) is 5.56 Å². The summed E-state index contributed by atoms with van der Waals surface area (Å²) in [5, 5.41) is 10.6. The summed E-state index contributed by atoms with van der Waals surface area (Å²) in [5.41, 5.74) is 3.67. The Morgan fingerprint density at radius 2 is 1.87 bits per heavy atom. The molecular formula is C20H18N2O. The molecule has 3 aromatic rings. The van der Waals surface area contributed by atoms with Crippen molar-refractivity contribution in [1.29, 1.82) is 5.26 Å². The van der Waals surface area contributed by atoms with Crippen molar-refractivity contribution in [3.05, 3.63) is 65.9 Å². The SMILES string of the molecule is CCC=Cc1c(C#N)c2ccccc2n1-c1ccc(OC)cc1. The minimum absolute atomic E-state index is 0.709. The summed E-state index contributed by atoms with van der Waals surface area (Å²) in [7, 11) is 1.66. The predicted molar refractivity (Wildman–Crippen MR) is 93.9 cm³/mol. The fourth-order valence-corrected chi connectivity index (χ4v) is 2.77. The summed E-state index contributed by atoms with van der Waals surface area (Å²) < 4.78 is 7.36. The third kappa shape index (κ3) is 2.60. The summed E-state index contributed by atoms with van der Waals surface area (Å²) in [6.45, 7) is 2.09. The number of methoxy groups -OCH3 is 1. The van der Waals surface area contributed by atoms with Crippen molar-refractivity contribution in [1.82, 2.24) is 4.57 Å². The molecule has 0 aliphatic carbocycles. The molecule has 2 aromatic carbocycles. The molecule has 0 bridgehead atoms. The van der Waals surface area contributed by atoms with Crippen molar-refractivity contribution < 1.29 is 4.74 Å². The van der Waals surface area contributed by atoms with Crippen molar-refractivity contribution in [2.24, 2.45) is 0 Å². The molecule has 0 amide bonds. The van der Waals surface area contributed by atoms with Crippen LogP contribution in [0.1, 0.15) is 24.6 Å². The van der Waals surface area contributed by atoms with E-state index in [1.807, 2.05) is 54.6 Å². The van der Waals surface area contributed by atoms with Crippen LogP contribution in [0.15, 0.2) is 54.6 Å². The van der Waals surface area contributed by atoms with E-state index in [9.17, 15) is 5.26 Å². The highest BCUT2D eigenvalue weighted by Gasteiger charge is 2.16. The molecule has 0 fully saturated rings. The number of para-hydroxylation sites is 1. The summed E-state index contributed by atoms with van der Waals surface area (Å²) in [6.07, 6.45) is 5.03. The Hall–Kier alpha value is -2.99. The fourth-order valence-electron chi connectivity index (χ4n) is 2.77. The van der Waals surface area contributed by atoms with E-state index in [0.717, 1.165) is 34.5 Å². The van der Waals surface area contributed by atoms with Crippen molar-refractivity contribution in [2.75, 3.05) is 7.11 Å². The van der Waals surface area contributed by atoms with Gasteiger partial charge in [0.1, 0.15) is 11.8 Å². The number of benzene rings is 2. The maximum Gasteiger partial charge on any atom is 0.119 e. The van der Waals surface area contributed by atoms with Gasteiger partial charge in [0.15, 0.2) is 0 Å². The molecule has 0 aliphatic heterocycles. The number of hydrogen-bond acceptors (Lipinski definition) is 2. The smallest absolute Gasteiger partial charge is 0.119 e. The summed E-state index contributed by atoms with van der Waals surface area (Å²) in [4.78, 5) is 0. The largest absolute Gasteiger partial charge is 0.497 e. The standard InChI is InChI=1S/C20H18N2O/c1-3-4-8-20-18(14-21)17-7-5-6-9-19(17)22(20)15-10-12-16(23-2)13-11-15/h4-13H,3H2,1-2H3. The average molecular weight is 302 g/mol. The van der Waals surface area contributed by atoms with Crippen molar-refractivity contribution >= 4 is 17.0 Å². The van der Waals surface area contributed by atoms with Gasteiger partial charge in [0.25, 0.3) is 0 Å². The predicted octanol–water partition coefficient (Wildman–Crippen LogP) is 4.93. The second kappa shape index (κ2) is 6.41. The maximum atomic E-state index is 9.64. The minimum atomic E-state index is 0.709. The second-order valence-corrected chi connectivity index (χ2v) is 5.23. The van der Waals surface area contributed by atoms with Crippen LogP contribution < -0.4 is 4.74 Å². The minimum Gasteiger partial charge on any atom is -0.497 e. The van der Waals surface area contributed by atoms with E-state index in [1.54, 1.807) is 7.11 Å². The van der Waals surface area contributed by atoms with Crippen LogP contribution >= 0.6 is 0 Å². The zero-order valence-corrected chi connectivity index (χ0v) is 13.3. The van der Waals surface area contributed by atoms with E-state index in [4.69, 9.17) is 4.74 Å². The van der Waals surface area contributed by atoms with Crippen LogP contribution in [0.4, 0.5) is 0 Å². The van der Waals surface area contributed by atoms with Crippen LogP contribution in [0, 0.1) is 11.3 Å². The second-order valence-electron chi connectivity index (χ2n) is 5.23. The Morgan fingerprint density at radius 3 is 2.52 bits per heavy atom. The van der Waals surface area contributed by atoms with Gasteiger partial charge in [0.2, 0.25) is 0 Å². The first-order valence-corrected chi connectivity index (χ1v) is 7.64. The Kier molecular flexibility index (Phi) is 4.16. The normalized spacial score (nSPS) is 11.0. The highest BCUT2D eigenvalue weighted by molar-refractivity contribution is 5.92. The Morgan fingerprint density at radius 1 is 1.13 bits per heavy atom. The van der Waals surface area contributed by atoms with Gasteiger partial charge in [0, 0.05) is 11.1 Å². The quantitative estimate of drug-likeness (QED) is 0.685. The highest BCUT2D eigenvalue weighted by Crippen LogP contribution is 2.30. The topological polar surface area (TPSA) is 38.0 Å². The van der Waals surface area contributed by atoms with Crippen LogP contribution in [-0.2, 0) is 0 Å². The zero-order chi connectivity index (χ0) is 16.2. The van der Waals surface area contributed by atoms with Crippen LogP contribution in [0.3, 0.4) is 0 Å². The van der Waals surface area contributed by atoms with Gasteiger partial charge < -0.3 is 9.30 Å². The third-order valence-electron chi connectivity index (χ3n) is 3.87. The van der Waals surface area contributed by atoms with Gasteiger partial charge in [-0.3, -0.25) is 0 Å². The molecule has 0 N–H and O–H groups in total. The molecule has 0 spiro atoms. The zero-order valence-electron chi connectivity index (χ0n) is 13.3. The van der Waals surface area contributed by atoms with Gasteiger partial charge in [-0.2, -0.15) is 5.26 Å². The number of aromatic nitrogens is 1. The average Bonchev–Trinajstić information content (AvgIpc) is 2.93. The molecule has 0 aliphatic rings. The lowest BCUT2D eigenvalue weighted by atomic mass is 10.1. The number of fused-ring (bicyclic) bond motifs is 1. The van der Waals surface area contributed by atoms with Gasteiger partial charge in [-0.25, -0.2) is 0 Å². The monoisotopic (exact) mass is 302 g/mol. The van der Waals surface area contributed by atoms with E-state index < -0.39 is 0 Å². The van der Waals surface area contributed by atoms with E-state index >= 15 is 0 Å². The molecule has 0 saturated carbocycles. The van der Waals surface area contributed by atoms with Crippen molar-refractivity contribution in [2.45, 2.75) is 13.3 Å². The van der Waals surface area contributed by atoms with Crippen LogP contribution in [0.2, 0.25) is 0 Å².